The van der Waals surface area contributed by atoms with E-state index in [1.54, 1.807) is 16.4 Å². The number of hydrogen-bond acceptors (Lipinski definition) is 3. The predicted octanol–water partition coefficient (Wildman–Crippen LogP) is 2.39. The first-order valence-corrected chi connectivity index (χ1v) is 9.19. The minimum atomic E-state index is -3.36. The van der Waals surface area contributed by atoms with E-state index >= 15 is 0 Å². The van der Waals surface area contributed by atoms with Crippen LogP contribution in [0.2, 0.25) is 0 Å². The summed E-state index contributed by atoms with van der Waals surface area (Å²) in [4.78, 5) is 0.416. The fourth-order valence-electron chi connectivity index (χ4n) is 3.01. The van der Waals surface area contributed by atoms with Crippen LogP contribution >= 0.6 is 0 Å². The van der Waals surface area contributed by atoms with Crippen LogP contribution in [0.15, 0.2) is 29.2 Å². The van der Waals surface area contributed by atoms with Crippen molar-refractivity contribution < 1.29 is 8.42 Å². The maximum absolute atomic E-state index is 12.8. The first kappa shape index (κ1) is 16.5. The molecule has 1 aliphatic heterocycles. The zero-order valence-corrected chi connectivity index (χ0v) is 14.0. The first-order valence-electron chi connectivity index (χ1n) is 7.75. The lowest BCUT2D eigenvalue weighted by atomic mass is 9.93. The standard InChI is InChI=1S/C16H26N2O2S/c1-4-17-14(3)15-8-6-10-18(12-15)21(19,20)16-9-5-7-13(2)11-16/h5,7,9,11,14-15,17H,4,6,8,10,12H2,1-3H3. The second kappa shape index (κ2) is 6.90. The molecular formula is C16H26N2O2S. The van der Waals surface area contributed by atoms with Gasteiger partial charge in [-0.05, 0) is 56.8 Å². The predicted molar refractivity (Wildman–Crippen MR) is 85.8 cm³/mol. The van der Waals surface area contributed by atoms with Gasteiger partial charge in [-0.25, -0.2) is 8.42 Å². The zero-order valence-electron chi connectivity index (χ0n) is 13.2. The minimum Gasteiger partial charge on any atom is -0.314 e. The average Bonchev–Trinajstić information content (AvgIpc) is 2.47. The van der Waals surface area contributed by atoms with Crippen LogP contribution in [0.1, 0.15) is 32.3 Å². The van der Waals surface area contributed by atoms with Crippen molar-refractivity contribution in [3.8, 4) is 0 Å². The summed E-state index contributed by atoms with van der Waals surface area (Å²) in [6.45, 7) is 8.32. The molecule has 4 nitrogen and oxygen atoms in total. The number of sulfonamides is 1. The molecule has 0 saturated carbocycles. The second-order valence-corrected chi connectivity index (χ2v) is 7.87. The van der Waals surface area contributed by atoms with E-state index in [-0.39, 0.29) is 0 Å². The smallest absolute Gasteiger partial charge is 0.243 e. The molecule has 1 fully saturated rings. The number of nitrogens with one attached hydrogen (secondary N) is 1. The number of piperidine rings is 1. The molecule has 118 valence electrons. The van der Waals surface area contributed by atoms with Gasteiger partial charge in [-0.15, -0.1) is 0 Å². The topological polar surface area (TPSA) is 49.4 Å². The van der Waals surface area contributed by atoms with Crippen molar-refractivity contribution in [2.24, 2.45) is 5.92 Å². The Morgan fingerprint density at radius 2 is 2.19 bits per heavy atom. The summed E-state index contributed by atoms with van der Waals surface area (Å²) < 4.78 is 27.2. The number of hydrogen-bond donors (Lipinski definition) is 1. The molecule has 2 rings (SSSR count). The largest absolute Gasteiger partial charge is 0.314 e. The molecule has 5 heteroatoms. The van der Waals surface area contributed by atoms with Crippen LogP contribution in [-0.2, 0) is 10.0 Å². The van der Waals surface area contributed by atoms with Gasteiger partial charge in [0.25, 0.3) is 0 Å². The highest BCUT2D eigenvalue weighted by Crippen LogP contribution is 2.25. The van der Waals surface area contributed by atoms with Crippen LogP contribution in [0.4, 0.5) is 0 Å². The number of rotatable bonds is 5. The lowest BCUT2D eigenvalue weighted by Crippen LogP contribution is -2.46. The van der Waals surface area contributed by atoms with Gasteiger partial charge in [-0.2, -0.15) is 4.31 Å². The fourth-order valence-corrected chi connectivity index (χ4v) is 4.65. The molecule has 1 heterocycles. The molecule has 1 aromatic carbocycles. The van der Waals surface area contributed by atoms with Crippen LogP contribution in [0.5, 0.6) is 0 Å². The van der Waals surface area contributed by atoms with Crippen molar-refractivity contribution in [3.63, 3.8) is 0 Å². The van der Waals surface area contributed by atoms with Crippen molar-refractivity contribution in [2.45, 2.75) is 44.6 Å². The molecule has 2 unspecified atom stereocenters. The maximum Gasteiger partial charge on any atom is 0.243 e. The van der Waals surface area contributed by atoms with Gasteiger partial charge in [0.2, 0.25) is 10.0 Å². The number of benzene rings is 1. The summed E-state index contributed by atoms with van der Waals surface area (Å²) in [6.07, 6.45) is 2.03. The van der Waals surface area contributed by atoms with E-state index in [2.05, 4.69) is 19.2 Å². The van der Waals surface area contributed by atoms with Crippen molar-refractivity contribution in [1.82, 2.24) is 9.62 Å². The average molecular weight is 310 g/mol. The van der Waals surface area contributed by atoms with Gasteiger partial charge in [-0.1, -0.05) is 19.1 Å². The van der Waals surface area contributed by atoms with Gasteiger partial charge in [0.1, 0.15) is 0 Å². The molecule has 0 amide bonds. The van der Waals surface area contributed by atoms with E-state index in [0.29, 0.717) is 29.9 Å². The van der Waals surface area contributed by atoms with Crippen LogP contribution in [-0.4, -0.2) is 38.4 Å². The summed E-state index contributed by atoms with van der Waals surface area (Å²) in [5.74, 6) is 0.387. The molecule has 21 heavy (non-hydrogen) atoms. The molecule has 0 radical (unpaired) electrons. The summed E-state index contributed by atoms with van der Waals surface area (Å²) in [6, 6.07) is 7.54. The highest BCUT2D eigenvalue weighted by atomic mass is 32.2. The Hall–Kier alpha value is -0.910. The Bertz CT molecular complexity index is 571. The van der Waals surface area contributed by atoms with Crippen molar-refractivity contribution in [2.75, 3.05) is 19.6 Å². The van der Waals surface area contributed by atoms with Gasteiger partial charge >= 0.3 is 0 Å². The first-order chi connectivity index (χ1) is 9.95. The zero-order chi connectivity index (χ0) is 15.5. The molecular weight excluding hydrogens is 284 g/mol. The molecule has 0 bridgehead atoms. The third kappa shape index (κ3) is 3.84. The Balaban J connectivity index is 2.16. The van der Waals surface area contributed by atoms with Gasteiger partial charge in [-0.3, -0.25) is 0 Å². The van der Waals surface area contributed by atoms with Crippen molar-refractivity contribution in [3.05, 3.63) is 29.8 Å². The molecule has 0 aliphatic carbocycles. The van der Waals surface area contributed by atoms with Crippen LogP contribution in [0.25, 0.3) is 0 Å². The van der Waals surface area contributed by atoms with E-state index in [9.17, 15) is 8.42 Å². The summed E-state index contributed by atoms with van der Waals surface area (Å²) in [5, 5.41) is 3.41. The van der Waals surface area contributed by atoms with E-state index in [1.165, 1.54) is 0 Å². The highest BCUT2D eigenvalue weighted by molar-refractivity contribution is 7.89. The summed E-state index contributed by atoms with van der Waals surface area (Å²) in [5.41, 5.74) is 0.977. The van der Waals surface area contributed by atoms with Crippen LogP contribution in [0, 0.1) is 12.8 Å². The van der Waals surface area contributed by atoms with Crippen LogP contribution in [0.3, 0.4) is 0 Å². The van der Waals surface area contributed by atoms with E-state index in [4.69, 9.17) is 0 Å². The molecule has 1 aliphatic rings. The third-order valence-corrected chi connectivity index (χ3v) is 6.14. The Labute approximate surface area is 128 Å². The SMILES string of the molecule is CCNC(C)C1CCCN(S(=O)(=O)c2cccc(C)c2)C1. The Kier molecular flexibility index (Phi) is 5.41. The Morgan fingerprint density at radius 1 is 1.43 bits per heavy atom. The quantitative estimate of drug-likeness (QED) is 0.908. The van der Waals surface area contributed by atoms with Crippen LogP contribution < -0.4 is 5.32 Å². The summed E-state index contributed by atoms with van der Waals surface area (Å²) in [7, 11) is -3.36. The summed E-state index contributed by atoms with van der Waals surface area (Å²) >= 11 is 0. The number of nitrogens with zero attached hydrogens (tertiary/aromatic N) is 1. The molecule has 0 spiro atoms. The van der Waals surface area contributed by atoms with Gasteiger partial charge in [0, 0.05) is 19.1 Å². The fraction of sp³-hybridized carbons (Fsp3) is 0.625. The molecule has 1 N–H and O–H groups in total. The normalized spacial score (nSPS) is 22.1. The van der Waals surface area contributed by atoms with E-state index < -0.39 is 10.0 Å². The minimum absolute atomic E-state index is 0.352. The lowest BCUT2D eigenvalue weighted by Gasteiger charge is -2.35. The molecule has 2 atom stereocenters. The number of aryl methyl sites for hydroxylation is 1. The molecule has 1 aromatic rings. The molecule has 0 aromatic heterocycles. The van der Waals surface area contributed by atoms with Crippen molar-refractivity contribution in [1.29, 1.82) is 0 Å². The van der Waals surface area contributed by atoms with Gasteiger partial charge < -0.3 is 5.32 Å². The van der Waals surface area contributed by atoms with Gasteiger partial charge in [0.05, 0.1) is 4.90 Å². The van der Waals surface area contributed by atoms with Crippen molar-refractivity contribution >= 4 is 10.0 Å². The third-order valence-electron chi connectivity index (χ3n) is 4.28. The molecule has 1 saturated heterocycles. The lowest BCUT2D eigenvalue weighted by molar-refractivity contribution is 0.225. The van der Waals surface area contributed by atoms with E-state index in [1.807, 2.05) is 19.1 Å². The van der Waals surface area contributed by atoms with Gasteiger partial charge in [0.15, 0.2) is 0 Å². The second-order valence-electron chi connectivity index (χ2n) is 5.93. The Morgan fingerprint density at radius 3 is 2.86 bits per heavy atom. The highest BCUT2D eigenvalue weighted by Gasteiger charge is 2.32. The maximum atomic E-state index is 12.8. The van der Waals surface area contributed by atoms with E-state index in [0.717, 1.165) is 24.9 Å². The monoisotopic (exact) mass is 310 g/mol.